The second kappa shape index (κ2) is 119. The Hall–Kier alpha value is 1.48. The van der Waals surface area contributed by atoms with Crippen molar-refractivity contribution in [1.29, 1.82) is 0 Å². The van der Waals surface area contributed by atoms with E-state index in [2.05, 4.69) is 0 Å². The summed E-state index contributed by atoms with van der Waals surface area (Å²) in [6, 6.07) is 0. The molecule has 0 bridgehead atoms. The van der Waals surface area contributed by atoms with Crippen LogP contribution in [0.1, 0.15) is 0 Å². The first-order valence-electron chi connectivity index (χ1n) is 2.83. The molecule has 0 saturated heterocycles. The molecule has 0 rings (SSSR count). The minimum atomic E-state index is -1.75. The number of hydrogen-bond donors (Lipinski definition) is 0. The molecule has 0 atom stereocenters. The van der Waals surface area contributed by atoms with E-state index in [9.17, 15) is 0 Å². The van der Waals surface area contributed by atoms with Gasteiger partial charge in [-0.05, 0) is 0 Å². The van der Waals surface area contributed by atoms with E-state index in [0.717, 1.165) is 0 Å². The molecule has 19 heteroatoms. The summed E-state index contributed by atoms with van der Waals surface area (Å²) < 4.78 is 101. The monoisotopic (exact) mass is 538 g/mol. The molecule has 0 fully saturated rings. The van der Waals surface area contributed by atoms with Gasteiger partial charge in [-0.3, -0.25) is 0 Å². The topological polar surface area (TPSA) is 241 Å². The third-order valence-electron chi connectivity index (χ3n) is 0. The minimum Gasteiger partial charge on any atom is 6.00 e. The minimum absolute atomic E-state index is 0. The third kappa shape index (κ3) is 2710. The third-order valence-corrected chi connectivity index (χ3v) is 0. The molecule has 0 aromatic rings. The maximum absolute atomic E-state index is 8.46. The largest absolute Gasteiger partial charge is 6.00 e. The first-order chi connectivity index (χ1) is 8.49. The van der Waals surface area contributed by atoms with Crippen molar-refractivity contribution in [2.75, 3.05) is 0 Å². The molecule has 0 N–H and O–H groups in total. The van der Waals surface area contributed by atoms with Gasteiger partial charge in [0.05, 0.1) is 0 Å². The molecule has 19 heavy (non-hydrogen) atoms. The molecule has 0 aromatic carbocycles. The number of hydrogen-bond acceptors (Lipinski definition) is 12. The van der Waals surface area contributed by atoms with Crippen LogP contribution in [0, 0.1) is 0 Å². The van der Waals surface area contributed by atoms with Crippen LogP contribution >= 0.6 is 0 Å². The van der Waals surface area contributed by atoms with Gasteiger partial charge in [0.15, 0.2) is 0 Å². The van der Waals surface area contributed by atoms with Gasteiger partial charge in [-0.25, -0.2) is 0 Å². The van der Waals surface area contributed by atoms with Crippen molar-refractivity contribution < 1.29 is 68.8 Å². The molecule has 0 radical (unpaired) electrons. The summed E-state index contributed by atoms with van der Waals surface area (Å²) in [4.78, 5) is 0. The van der Waals surface area contributed by atoms with Crippen LogP contribution in [0.2, 0.25) is 0 Å². The standard InChI is InChI=1S/6Al.12O.W/q;;;;;;;;;;;;6*-1;+6. The van der Waals surface area contributed by atoms with Crippen LogP contribution in [0.25, 0.3) is 0 Å². The fourth-order valence-corrected chi connectivity index (χ4v) is 0. The Labute approximate surface area is 160 Å². The molecule has 0 spiro atoms. The van der Waals surface area contributed by atoms with Gasteiger partial charge >= 0.3 is 162 Å². The fourth-order valence-electron chi connectivity index (χ4n) is 0. The Bertz CT molecular complexity index is 114. The first kappa shape index (κ1) is 42.8. The summed E-state index contributed by atoms with van der Waals surface area (Å²) in [5.41, 5.74) is 0. The van der Waals surface area contributed by atoms with Crippen LogP contribution in [0.3, 0.4) is 0 Å². The van der Waals surface area contributed by atoms with Crippen LogP contribution in [0.5, 0.6) is 0 Å². The summed E-state index contributed by atoms with van der Waals surface area (Å²) in [5.74, 6) is 0. The van der Waals surface area contributed by atoms with Crippen LogP contribution in [0.15, 0.2) is 0 Å². The van der Waals surface area contributed by atoms with Gasteiger partial charge in [0, 0.05) is 0 Å². The van der Waals surface area contributed by atoms with Crippen LogP contribution in [-0.4, -0.2) is 92.9 Å². The van der Waals surface area contributed by atoms with E-state index in [-0.39, 0.29) is 21.1 Å². The Balaban J connectivity index is -0.0000000180. The van der Waals surface area contributed by atoms with Crippen LogP contribution in [-0.2, 0) is 43.9 Å². The van der Waals surface area contributed by atoms with Gasteiger partial charge in [-0.1, -0.05) is 0 Å². The SMILES string of the molecule is [O]=[Al][O-].[O]=[Al][O-].[O]=[Al][O-].[O]=[Al][O-].[O]=[Al][O-].[O]=[Al][O-].[W+6]. The van der Waals surface area contributed by atoms with E-state index in [1.54, 1.807) is 0 Å². The van der Waals surface area contributed by atoms with Gasteiger partial charge < -0.3 is 0 Å². The summed E-state index contributed by atoms with van der Waals surface area (Å²) in [7, 11) is 0. The molecule has 12 nitrogen and oxygen atoms in total. The maximum Gasteiger partial charge on any atom is 6.00 e. The molecular weight excluding hydrogens is 538 g/mol. The zero-order valence-electron chi connectivity index (χ0n) is 8.77. The normalized spacial score (nSPS) is 2.53. The zero-order valence-corrected chi connectivity index (χ0v) is 18.6. The van der Waals surface area contributed by atoms with E-state index in [0.29, 0.717) is 0 Å². The van der Waals surface area contributed by atoms with E-state index in [1.165, 1.54) is 0 Å². The Kier molecular flexibility index (Phi) is 268. The number of rotatable bonds is 0. The van der Waals surface area contributed by atoms with E-state index in [1.807, 2.05) is 0 Å². The Morgan fingerprint density at radius 3 is 0.368 bits per heavy atom. The second-order valence-electron chi connectivity index (χ2n) is 0.577. The molecule has 0 aliphatic heterocycles. The average Bonchev–Trinajstić information content (AvgIpc) is 2.23. The van der Waals surface area contributed by atoms with Crippen molar-refractivity contribution in [2.24, 2.45) is 0 Å². The van der Waals surface area contributed by atoms with Crippen molar-refractivity contribution in [2.45, 2.75) is 0 Å². The van der Waals surface area contributed by atoms with Gasteiger partial charge in [0.25, 0.3) is 0 Å². The Morgan fingerprint density at radius 2 is 0.368 bits per heavy atom. The summed E-state index contributed by atoms with van der Waals surface area (Å²) in [6.07, 6.45) is 0. The van der Waals surface area contributed by atoms with Crippen molar-refractivity contribution in [3.05, 3.63) is 0 Å². The molecular formula is Al6O12W. The van der Waals surface area contributed by atoms with E-state index >= 15 is 0 Å². The summed E-state index contributed by atoms with van der Waals surface area (Å²) >= 11 is -10.5. The van der Waals surface area contributed by atoms with Crippen molar-refractivity contribution >= 4 is 92.9 Å². The molecule has 0 aliphatic rings. The fraction of sp³-hybridized carbons (Fsp3) is 0. The summed E-state index contributed by atoms with van der Waals surface area (Å²) in [6.45, 7) is 0. The van der Waals surface area contributed by atoms with Gasteiger partial charge in [-0.2, -0.15) is 0 Å². The van der Waals surface area contributed by atoms with Gasteiger partial charge in [-0.15, -0.1) is 0 Å². The molecule has 96 valence electrons. The quantitative estimate of drug-likeness (QED) is 0.261. The zero-order chi connectivity index (χ0) is 16.2. The van der Waals surface area contributed by atoms with Crippen LogP contribution < -0.4 is 24.9 Å². The van der Waals surface area contributed by atoms with Gasteiger partial charge in [0.1, 0.15) is 0 Å². The smallest absolute Gasteiger partial charge is 6.00 e. The molecule has 0 aromatic heterocycles. The Morgan fingerprint density at radius 1 is 0.368 bits per heavy atom. The molecule has 0 unspecified atom stereocenters. The second-order valence-corrected chi connectivity index (χ2v) is 1.73. The molecule has 0 saturated carbocycles. The predicted molar refractivity (Wildman–Crippen MR) is 38.6 cm³/mol. The van der Waals surface area contributed by atoms with Crippen molar-refractivity contribution in [3.8, 4) is 0 Å². The average molecular weight is 538 g/mol. The summed E-state index contributed by atoms with van der Waals surface area (Å²) in [5, 5.41) is 0. The van der Waals surface area contributed by atoms with Gasteiger partial charge in [0.2, 0.25) is 0 Å². The maximum atomic E-state index is 8.46. The van der Waals surface area contributed by atoms with E-state index < -0.39 is 92.9 Å². The first-order valence-corrected chi connectivity index (χ1v) is 8.49. The van der Waals surface area contributed by atoms with Crippen molar-refractivity contribution in [3.63, 3.8) is 0 Å². The van der Waals surface area contributed by atoms with E-state index in [4.69, 9.17) is 47.8 Å². The predicted octanol–water partition coefficient (Wildman–Crippen LogP) is -10.1. The molecule has 0 heterocycles. The molecule has 0 amide bonds. The molecule has 0 aliphatic carbocycles. The van der Waals surface area contributed by atoms with Crippen molar-refractivity contribution in [1.82, 2.24) is 0 Å². The van der Waals surface area contributed by atoms with Crippen LogP contribution in [0.4, 0.5) is 0 Å².